The van der Waals surface area contributed by atoms with E-state index in [0.29, 0.717) is 35.7 Å². The first kappa shape index (κ1) is 21.9. The average molecular weight is 490 g/mol. The van der Waals surface area contributed by atoms with E-state index in [9.17, 15) is 9.59 Å². The number of nitrogens with one attached hydrogen (secondary N) is 1. The van der Waals surface area contributed by atoms with Gasteiger partial charge >= 0.3 is 0 Å². The minimum absolute atomic E-state index is 0.0903. The molecule has 2 aliphatic rings. The number of para-hydroxylation sites is 1. The summed E-state index contributed by atoms with van der Waals surface area (Å²) in [7, 11) is 0. The number of halogens is 1. The Bertz CT molecular complexity index is 1490. The summed E-state index contributed by atoms with van der Waals surface area (Å²) in [4.78, 5) is 34.1. The third kappa shape index (κ3) is 3.80. The molecule has 7 nitrogen and oxygen atoms in total. The number of aryl methyl sites for hydroxylation is 1. The number of imidazole rings is 1. The number of fused-ring (bicyclic) bond motifs is 2. The molecule has 178 valence electrons. The Balaban J connectivity index is 1.45. The van der Waals surface area contributed by atoms with Crippen LogP contribution in [0, 0.1) is 5.82 Å². The van der Waals surface area contributed by atoms with Crippen molar-refractivity contribution in [3.63, 3.8) is 0 Å². The summed E-state index contributed by atoms with van der Waals surface area (Å²) in [6.07, 6.45) is 9.68. The number of benzene rings is 2. The largest absolute Gasteiger partial charge is 0.382 e. The second-order valence-electron chi connectivity index (χ2n) is 8.85. The molecular formula is C26H24FN5O2S. The Hall–Kier alpha value is -3.59. The monoisotopic (exact) mass is 489 g/mol. The van der Waals surface area contributed by atoms with Crippen LogP contribution in [0.4, 0.5) is 10.1 Å². The van der Waals surface area contributed by atoms with Gasteiger partial charge in [0, 0.05) is 49.7 Å². The molecule has 4 aromatic rings. The van der Waals surface area contributed by atoms with Crippen LogP contribution in [0.1, 0.15) is 29.6 Å². The van der Waals surface area contributed by atoms with E-state index in [0.717, 1.165) is 36.4 Å². The maximum absolute atomic E-state index is 15.5. The average Bonchev–Trinajstić information content (AvgIpc) is 3.59. The number of hydrogen-bond acceptors (Lipinski definition) is 5. The number of pyridine rings is 1. The zero-order valence-electron chi connectivity index (χ0n) is 19.0. The van der Waals surface area contributed by atoms with E-state index in [1.54, 1.807) is 23.6 Å². The van der Waals surface area contributed by atoms with Crippen LogP contribution in [-0.4, -0.2) is 44.6 Å². The molecule has 2 aromatic carbocycles. The lowest BCUT2D eigenvalue weighted by Crippen LogP contribution is -2.33. The van der Waals surface area contributed by atoms with Crippen LogP contribution in [0.15, 0.2) is 69.8 Å². The van der Waals surface area contributed by atoms with Gasteiger partial charge in [-0.2, -0.15) is 0 Å². The molecule has 0 bridgehead atoms. The maximum atomic E-state index is 15.5. The number of rotatable bonds is 6. The van der Waals surface area contributed by atoms with Gasteiger partial charge in [-0.05, 0) is 37.5 Å². The summed E-state index contributed by atoms with van der Waals surface area (Å²) in [6, 6.07) is 9.08. The van der Waals surface area contributed by atoms with Gasteiger partial charge in [-0.1, -0.05) is 23.9 Å². The lowest BCUT2D eigenvalue weighted by molar-refractivity contribution is 0.0791. The van der Waals surface area contributed by atoms with Gasteiger partial charge in [-0.3, -0.25) is 9.59 Å². The fourth-order valence-electron chi connectivity index (χ4n) is 4.87. The fraction of sp³-hybridized carbons (Fsp3) is 0.269. The molecule has 2 aromatic heterocycles. The molecule has 0 atom stereocenters. The van der Waals surface area contributed by atoms with Crippen LogP contribution in [0.2, 0.25) is 0 Å². The molecule has 1 amide bonds. The molecule has 4 heterocycles. The molecular weight excluding hydrogens is 465 g/mol. The van der Waals surface area contributed by atoms with Gasteiger partial charge in [0.05, 0.1) is 33.5 Å². The first-order valence-electron chi connectivity index (χ1n) is 11.8. The van der Waals surface area contributed by atoms with Gasteiger partial charge in [0.2, 0.25) is 5.43 Å². The summed E-state index contributed by atoms with van der Waals surface area (Å²) in [6.45, 7) is 2.61. The number of amides is 1. The van der Waals surface area contributed by atoms with Gasteiger partial charge in [0.15, 0.2) is 0 Å². The highest BCUT2D eigenvalue weighted by Crippen LogP contribution is 2.46. The molecule has 2 aliphatic heterocycles. The number of likely N-dealkylation sites (tertiary alicyclic amines) is 1. The molecule has 9 heteroatoms. The molecule has 0 spiro atoms. The third-order valence-electron chi connectivity index (χ3n) is 6.61. The Kier molecular flexibility index (Phi) is 5.56. The maximum Gasteiger partial charge on any atom is 0.259 e. The summed E-state index contributed by atoms with van der Waals surface area (Å²) < 4.78 is 19.3. The minimum Gasteiger partial charge on any atom is -0.382 e. The van der Waals surface area contributed by atoms with E-state index < -0.39 is 11.2 Å². The summed E-state index contributed by atoms with van der Waals surface area (Å²) >= 11 is 1.45. The Labute approximate surface area is 205 Å². The highest BCUT2D eigenvalue weighted by Gasteiger charge is 2.29. The van der Waals surface area contributed by atoms with Gasteiger partial charge in [0.25, 0.3) is 5.91 Å². The van der Waals surface area contributed by atoms with Crippen molar-refractivity contribution in [1.82, 2.24) is 19.0 Å². The second-order valence-corrected chi connectivity index (χ2v) is 9.90. The van der Waals surface area contributed by atoms with E-state index in [4.69, 9.17) is 0 Å². The van der Waals surface area contributed by atoms with Crippen LogP contribution in [0.5, 0.6) is 0 Å². The SMILES string of the molecule is O=C(c1cn2c3c(c(NCCCn4ccnc4)c(F)cc3c1=O)Sc1ccccc1-2)N1CCCC1. The van der Waals surface area contributed by atoms with E-state index in [2.05, 4.69) is 10.3 Å². The Morgan fingerprint density at radius 1 is 1.20 bits per heavy atom. The number of hydrogen-bond donors (Lipinski definition) is 1. The predicted octanol–water partition coefficient (Wildman–Crippen LogP) is 4.53. The van der Waals surface area contributed by atoms with Gasteiger partial charge in [-0.15, -0.1) is 0 Å². The molecule has 35 heavy (non-hydrogen) atoms. The van der Waals surface area contributed by atoms with Crippen LogP contribution in [-0.2, 0) is 6.54 Å². The molecule has 0 radical (unpaired) electrons. The zero-order valence-corrected chi connectivity index (χ0v) is 19.9. The first-order chi connectivity index (χ1) is 17.1. The van der Waals surface area contributed by atoms with Crippen molar-refractivity contribution in [1.29, 1.82) is 0 Å². The van der Waals surface area contributed by atoms with Crippen molar-refractivity contribution in [2.75, 3.05) is 25.0 Å². The van der Waals surface area contributed by atoms with Crippen molar-refractivity contribution in [2.24, 2.45) is 0 Å². The van der Waals surface area contributed by atoms with Crippen molar-refractivity contribution in [2.45, 2.75) is 35.6 Å². The Morgan fingerprint density at radius 3 is 2.83 bits per heavy atom. The Morgan fingerprint density at radius 2 is 2.03 bits per heavy atom. The van der Waals surface area contributed by atoms with Crippen molar-refractivity contribution in [3.05, 3.63) is 76.9 Å². The molecule has 1 fully saturated rings. The summed E-state index contributed by atoms with van der Waals surface area (Å²) in [5, 5.41) is 3.49. The van der Waals surface area contributed by atoms with Crippen LogP contribution < -0.4 is 10.7 Å². The van der Waals surface area contributed by atoms with Crippen LogP contribution in [0.25, 0.3) is 16.6 Å². The molecule has 6 rings (SSSR count). The van der Waals surface area contributed by atoms with E-state index in [1.807, 2.05) is 39.6 Å². The molecule has 1 saturated heterocycles. The molecule has 0 saturated carbocycles. The number of carbonyl (C=O) groups is 1. The van der Waals surface area contributed by atoms with Gasteiger partial charge < -0.3 is 19.4 Å². The lowest BCUT2D eigenvalue weighted by atomic mass is 10.1. The summed E-state index contributed by atoms with van der Waals surface area (Å²) in [5.41, 5.74) is 1.57. The van der Waals surface area contributed by atoms with Crippen molar-refractivity contribution in [3.8, 4) is 5.69 Å². The van der Waals surface area contributed by atoms with Crippen molar-refractivity contribution >= 4 is 34.3 Å². The standard InChI is InChI=1S/C26H24FN5O2S/c27-19-14-17-23-25(22(19)29-8-5-10-30-13-9-28-16-30)35-21-7-2-1-6-20(21)32(23)15-18(24(17)33)26(34)31-11-3-4-12-31/h1-2,6-7,9,13-16,29H,3-5,8,10-12H2. The number of carbonyl (C=O) groups excluding carboxylic acids is 1. The number of nitrogens with zero attached hydrogens (tertiary/aromatic N) is 4. The van der Waals surface area contributed by atoms with Gasteiger partial charge in [0.1, 0.15) is 11.4 Å². The predicted molar refractivity (Wildman–Crippen MR) is 134 cm³/mol. The minimum atomic E-state index is -0.489. The molecule has 0 unspecified atom stereocenters. The lowest BCUT2D eigenvalue weighted by Gasteiger charge is -2.26. The zero-order chi connectivity index (χ0) is 23.9. The van der Waals surface area contributed by atoms with Gasteiger partial charge in [-0.25, -0.2) is 9.37 Å². The van der Waals surface area contributed by atoms with E-state index >= 15 is 4.39 Å². The van der Waals surface area contributed by atoms with E-state index in [1.165, 1.54) is 17.8 Å². The third-order valence-corrected chi connectivity index (χ3v) is 7.78. The number of aromatic nitrogens is 3. The topological polar surface area (TPSA) is 72.2 Å². The summed E-state index contributed by atoms with van der Waals surface area (Å²) in [5.74, 6) is -0.769. The second kappa shape index (κ2) is 8.88. The quantitative estimate of drug-likeness (QED) is 0.355. The molecule has 0 aliphatic carbocycles. The smallest absolute Gasteiger partial charge is 0.259 e. The highest BCUT2D eigenvalue weighted by atomic mass is 32.2. The normalized spacial score (nSPS) is 14.4. The number of anilines is 1. The van der Waals surface area contributed by atoms with Crippen molar-refractivity contribution < 1.29 is 9.18 Å². The van der Waals surface area contributed by atoms with Crippen LogP contribution >= 0.6 is 11.8 Å². The van der Waals surface area contributed by atoms with Crippen LogP contribution in [0.3, 0.4) is 0 Å². The first-order valence-corrected chi connectivity index (χ1v) is 12.6. The molecule has 1 N–H and O–H groups in total. The fourth-order valence-corrected chi connectivity index (χ4v) is 6.08. The van der Waals surface area contributed by atoms with E-state index in [-0.39, 0.29) is 16.9 Å². The highest BCUT2D eigenvalue weighted by molar-refractivity contribution is 8.00.